The molecule has 6 heteroatoms. The Balaban J connectivity index is 1.60. The van der Waals surface area contributed by atoms with Gasteiger partial charge in [-0.25, -0.2) is 4.39 Å². The van der Waals surface area contributed by atoms with E-state index in [1.807, 2.05) is 6.07 Å². The van der Waals surface area contributed by atoms with Crippen LogP contribution in [0, 0.1) is 11.7 Å². The summed E-state index contributed by atoms with van der Waals surface area (Å²) in [6.07, 6.45) is 2.59. The fraction of sp³-hybridized carbons (Fsp3) is 0.333. The molecule has 0 unspecified atom stereocenters. The maximum atomic E-state index is 13.0. The van der Waals surface area contributed by atoms with Crippen molar-refractivity contribution in [2.45, 2.75) is 31.7 Å². The van der Waals surface area contributed by atoms with E-state index in [-0.39, 0.29) is 23.7 Å². The van der Waals surface area contributed by atoms with E-state index in [4.69, 9.17) is 5.11 Å². The van der Waals surface area contributed by atoms with Crippen LogP contribution in [0.5, 0.6) is 0 Å². The molecule has 126 valence electrons. The van der Waals surface area contributed by atoms with Gasteiger partial charge in [0.05, 0.1) is 10.8 Å². The average Bonchev–Trinajstić information content (AvgIpc) is 3.06. The third-order valence-electron chi connectivity index (χ3n) is 4.37. The van der Waals surface area contributed by atoms with Gasteiger partial charge in [0.25, 0.3) is 5.91 Å². The first-order valence-corrected chi connectivity index (χ1v) is 8.74. The number of carbonyl (C=O) groups is 2. The molecule has 1 aliphatic carbocycles. The molecule has 1 saturated carbocycles. The Hall–Kier alpha value is -2.21. The highest BCUT2D eigenvalue weighted by Crippen LogP contribution is 2.29. The molecule has 1 aromatic carbocycles. The Labute approximate surface area is 143 Å². The first-order chi connectivity index (χ1) is 11.5. The van der Waals surface area contributed by atoms with Crippen molar-refractivity contribution in [3.63, 3.8) is 0 Å². The summed E-state index contributed by atoms with van der Waals surface area (Å²) in [5, 5.41) is 12.0. The third-order valence-corrected chi connectivity index (χ3v) is 5.50. The number of aliphatic carboxylic acids is 1. The topological polar surface area (TPSA) is 66.4 Å². The Morgan fingerprint density at radius 3 is 2.33 bits per heavy atom. The molecule has 0 spiro atoms. The second-order valence-electron chi connectivity index (χ2n) is 6.03. The van der Waals surface area contributed by atoms with Crippen LogP contribution in [0.4, 0.5) is 4.39 Å². The maximum absolute atomic E-state index is 13.0. The van der Waals surface area contributed by atoms with Crippen molar-refractivity contribution < 1.29 is 19.1 Å². The number of carboxylic acid groups (broad SMARTS) is 1. The number of amides is 1. The molecular formula is C18H18FNO3S. The number of carbonyl (C=O) groups excluding carboxylic acids is 1. The molecular weight excluding hydrogens is 329 g/mol. The van der Waals surface area contributed by atoms with Gasteiger partial charge in [0.1, 0.15) is 5.82 Å². The van der Waals surface area contributed by atoms with Crippen LogP contribution < -0.4 is 5.32 Å². The van der Waals surface area contributed by atoms with Crippen molar-refractivity contribution in [2.24, 2.45) is 5.92 Å². The molecule has 2 aromatic rings. The van der Waals surface area contributed by atoms with Gasteiger partial charge in [0.15, 0.2) is 0 Å². The molecule has 0 saturated heterocycles. The van der Waals surface area contributed by atoms with Crippen LogP contribution in [0.15, 0.2) is 36.4 Å². The zero-order valence-corrected chi connectivity index (χ0v) is 13.8. The number of rotatable bonds is 4. The minimum atomic E-state index is -0.748. The Morgan fingerprint density at radius 2 is 1.71 bits per heavy atom. The van der Waals surface area contributed by atoms with Gasteiger partial charge < -0.3 is 10.4 Å². The van der Waals surface area contributed by atoms with E-state index in [1.165, 1.54) is 23.5 Å². The van der Waals surface area contributed by atoms with E-state index >= 15 is 0 Å². The summed E-state index contributed by atoms with van der Waals surface area (Å²) in [5.41, 5.74) is 0.877. The summed E-state index contributed by atoms with van der Waals surface area (Å²) in [6.45, 7) is 0. The number of thiophene rings is 1. The molecule has 4 nitrogen and oxygen atoms in total. The molecule has 0 aliphatic heterocycles. The number of halogens is 1. The average molecular weight is 347 g/mol. The van der Waals surface area contributed by atoms with Gasteiger partial charge in [-0.15, -0.1) is 11.3 Å². The summed E-state index contributed by atoms with van der Waals surface area (Å²) in [5.74, 6) is -1.45. The predicted molar refractivity (Wildman–Crippen MR) is 90.6 cm³/mol. The monoisotopic (exact) mass is 347 g/mol. The Morgan fingerprint density at radius 1 is 1.04 bits per heavy atom. The highest BCUT2D eigenvalue weighted by Gasteiger charge is 2.27. The van der Waals surface area contributed by atoms with Crippen LogP contribution in [0.1, 0.15) is 35.4 Å². The molecule has 24 heavy (non-hydrogen) atoms. The summed E-state index contributed by atoms with van der Waals surface area (Å²) >= 11 is 1.37. The van der Waals surface area contributed by atoms with E-state index in [0.29, 0.717) is 30.6 Å². The maximum Gasteiger partial charge on any atom is 0.306 e. The molecule has 1 aliphatic rings. The first kappa shape index (κ1) is 16.6. The van der Waals surface area contributed by atoms with Crippen LogP contribution in [0.3, 0.4) is 0 Å². The second-order valence-corrected chi connectivity index (χ2v) is 7.11. The molecule has 0 radical (unpaired) electrons. The standard InChI is InChI=1S/C18H18FNO3S/c19-13-5-1-11(2-6-13)15-9-10-16(24-15)17(21)20-14-7-3-12(4-8-14)18(22)23/h1-2,5-6,9-10,12,14H,3-4,7-8H2,(H,20,21)(H,22,23). The van der Waals surface area contributed by atoms with E-state index in [1.54, 1.807) is 18.2 Å². The Kier molecular flexibility index (Phi) is 4.94. The van der Waals surface area contributed by atoms with Crippen LogP contribution in [0.25, 0.3) is 10.4 Å². The number of benzene rings is 1. The van der Waals surface area contributed by atoms with Gasteiger partial charge >= 0.3 is 5.97 Å². The normalized spacial score (nSPS) is 20.5. The molecule has 1 fully saturated rings. The molecule has 3 rings (SSSR count). The lowest BCUT2D eigenvalue weighted by molar-refractivity contribution is -0.142. The highest BCUT2D eigenvalue weighted by molar-refractivity contribution is 7.17. The lowest BCUT2D eigenvalue weighted by Gasteiger charge is -2.26. The van der Waals surface area contributed by atoms with Gasteiger partial charge in [-0.3, -0.25) is 9.59 Å². The van der Waals surface area contributed by atoms with Crippen molar-refractivity contribution in [1.82, 2.24) is 5.32 Å². The Bertz CT molecular complexity index is 733. The number of hydrogen-bond donors (Lipinski definition) is 2. The molecule has 0 bridgehead atoms. The van der Waals surface area contributed by atoms with Crippen molar-refractivity contribution in [3.05, 3.63) is 47.1 Å². The molecule has 2 N–H and O–H groups in total. The molecule has 1 aromatic heterocycles. The van der Waals surface area contributed by atoms with Crippen LogP contribution in [-0.2, 0) is 4.79 Å². The van der Waals surface area contributed by atoms with Gasteiger partial charge in [-0.2, -0.15) is 0 Å². The SMILES string of the molecule is O=C(NC1CCC(C(=O)O)CC1)c1ccc(-c2ccc(F)cc2)s1. The van der Waals surface area contributed by atoms with Gasteiger partial charge in [-0.1, -0.05) is 12.1 Å². The van der Waals surface area contributed by atoms with Crippen molar-refractivity contribution in [1.29, 1.82) is 0 Å². The van der Waals surface area contributed by atoms with Crippen LogP contribution in [-0.4, -0.2) is 23.0 Å². The van der Waals surface area contributed by atoms with E-state index in [0.717, 1.165) is 10.4 Å². The summed E-state index contributed by atoms with van der Waals surface area (Å²) in [7, 11) is 0. The van der Waals surface area contributed by atoms with E-state index < -0.39 is 5.97 Å². The third kappa shape index (κ3) is 3.82. The predicted octanol–water partition coefficient (Wildman–Crippen LogP) is 3.93. The van der Waals surface area contributed by atoms with Crippen molar-refractivity contribution >= 4 is 23.2 Å². The van der Waals surface area contributed by atoms with Crippen LogP contribution >= 0.6 is 11.3 Å². The fourth-order valence-corrected chi connectivity index (χ4v) is 3.89. The number of carboxylic acids is 1. The largest absolute Gasteiger partial charge is 0.481 e. The fourth-order valence-electron chi connectivity index (χ4n) is 2.97. The summed E-state index contributed by atoms with van der Waals surface area (Å²) in [6, 6.07) is 9.83. The summed E-state index contributed by atoms with van der Waals surface area (Å²) < 4.78 is 13.0. The quantitative estimate of drug-likeness (QED) is 0.881. The van der Waals surface area contributed by atoms with Crippen molar-refractivity contribution in [3.8, 4) is 10.4 Å². The first-order valence-electron chi connectivity index (χ1n) is 7.92. The zero-order valence-electron chi connectivity index (χ0n) is 13.0. The lowest BCUT2D eigenvalue weighted by atomic mass is 9.86. The highest BCUT2D eigenvalue weighted by atomic mass is 32.1. The summed E-state index contributed by atoms with van der Waals surface area (Å²) in [4.78, 5) is 24.8. The molecule has 1 amide bonds. The lowest BCUT2D eigenvalue weighted by Crippen LogP contribution is -2.38. The van der Waals surface area contributed by atoms with Crippen molar-refractivity contribution in [2.75, 3.05) is 0 Å². The molecule has 1 heterocycles. The smallest absolute Gasteiger partial charge is 0.306 e. The molecule has 0 atom stereocenters. The number of hydrogen-bond acceptors (Lipinski definition) is 3. The van der Waals surface area contributed by atoms with E-state index in [9.17, 15) is 14.0 Å². The second kappa shape index (κ2) is 7.13. The van der Waals surface area contributed by atoms with Gasteiger partial charge in [0.2, 0.25) is 0 Å². The number of nitrogens with one attached hydrogen (secondary N) is 1. The zero-order chi connectivity index (χ0) is 17.1. The minimum absolute atomic E-state index is 0.0319. The van der Waals surface area contributed by atoms with Crippen LogP contribution in [0.2, 0.25) is 0 Å². The van der Waals surface area contributed by atoms with E-state index in [2.05, 4.69) is 5.32 Å². The van der Waals surface area contributed by atoms with Gasteiger partial charge in [0, 0.05) is 10.9 Å². The minimum Gasteiger partial charge on any atom is -0.481 e. The van der Waals surface area contributed by atoms with Gasteiger partial charge in [-0.05, 0) is 55.5 Å².